The van der Waals surface area contributed by atoms with Crippen molar-refractivity contribution < 1.29 is 19.8 Å². The fourth-order valence-electron chi connectivity index (χ4n) is 1.31. The largest absolute Gasteiger partial charge is 0.365 e. The first-order valence-electron chi connectivity index (χ1n) is 6.52. The zero-order valence-electron chi connectivity index (χ0n) is 11.9. The topological polar surface area (TPSA) is 98.7 Å². The molecule has 0 aromatic heterocycles. The van der Waals surface area contributed by atoms with Crippen LogP contribution in [-0.2, 0) is 9.59 Å². The van der Waals surface area contributed by atoms with Gasteiger partial charge in [-0.25, -0.2) is 0 Å². The predicted octanol–water partition coefficient (Wildman–Crippen LogP) is 0.142. The third-order valence-corrected chi connectivity index (χ3v) is 4.17. The predicted molar refractivity (Wildman–Crippen MR) is 83.5 cm³/mol. The van der Waals surface area contributed by atoms with Crippen LogP contribution in [0.2, 0.25) is 0 Å². The summed E-state index contributed by atoms with van der Waals surface area (Å²) in [6.45, 7) is 1.84. The molecule has 0 aliphatic heterocycles. The van der Waals surface area contributed by atoms with Gasteiger partial charge < -0.3 is 20.8 Å². The highest BCUT2D eigenvalue weighted by atomic mass is 32.2. The molecule has 0 spiro atoms. The molecule has 1 unspecified atom stereocenters. The summed E-state index contributed by atoms with van der Waals surface area (Å²) in [4.78, 5) is 23.0. The molecular formula is C12H24N2O4S2. The highest BCUT2D eigenvalue weighted by molar-refractivity contribution is 8.02. The van der Waals surface area contributed by atoms with E-state index < -0.39 is 12.5 Å². The number of carbonyl (C=O) groups is 2. The number of aliphatic hydroxyl groups excluding tert-OH is 1. The first-order valence-corrected chi connectivity index (χ1v) is 9.07. The second-order valence-corrected chi connectivity index (χ2v) is 6.34. The number of rotatable bonds is 11. The Balaban J connectivity index is 3.98. The average molecular weight is 324 g/mol. The normalized spacial score (nSPS) is 12.2. The molecule has 0 saturated heterocycles. The van der Waals surface area contributed by atoms with Crippen molar-refractivity contribution in [3.05, 3.63) is 0 Å². The molecule has 0 bridgehead atoms. The molecule has 1 atom stereocenters. The molecule has 6 nitrogen and oxygen atoms in total. The van der Waals surface area contributed by atoms with E-state index in [-0.39, 0.29) is 24.7 Å². The van der Waals surface area contributed by atoms with Crippen LogP contribution in [0.25, 0.3) is 0 Å². The number of hydrogen-bond donors (Lipinski definition) is 4. The number of thioether (sulfide) groups is 2. The maximum Gasteiger partial charge on any atom is 0.222 e. The van der Waals surface area contributed by atoms with Crippen molar-refractivity contribution in [2.45, 2.75) is 38.6 Å². The van der Waals surface area contributed by atoms with Crippen molar-refractivity contribution in [3.63, 3.8) is 0 Å². The van der Waals surface area contributed by atoms with Crippen molar-refractivity contribution >= 4 is 35.3 Å². The molecule has 20 heavy (non-hydrogen) atoms. The van der Waals surface area contributed by atoms with Crippen molar-refractivity contribution in [2.24, 2.45) is 0 Å². The molecule has 0 aromatic rings. The van der Waals surface area contributed by atoms with Crippen molar-refractivity contribution in [3.8, 4) is 0 Å². The van der Waals surface area contributed by atoms with Crippen LogP contribution in [0.15, 0.2) is 0 Å². The van der Waals surface area contributed by atoms with Crippen molar-refractivity contribution in [1.29, 1.82) is 0 Å². The molecule has 118 valence electrons. The van der Waals surface area contributed by atoms with Crippen molar-refractivity contribution in [2.75, 3.05) is 23.5 Å². The Morgan fingerprint density at radius 1 is 1.05 bits per heavy atom. The summed E-state index contributed by atoms with van der Waals surface area (Å²) in [7, 11) is 0. The summed E-state index contributed by atoms with van der Waals surface area (Å²) in [6.07, 6.45) is 0.274. The molecule has 8 heteroatoms. The maximum atomic E-state index is 11.6. The lowest BCUT2D eigenvalue weighted by Gasteiger charge is -2.21. The van der Waals surface area contributed by atoms with Gasteiger partial charge in [0.25, 0.3) is 0 Å². The van der Waals surface area contributed by atoms with Gasteiger partial charge in [0, 0.05) is 30.1 Å². The van der Waals surface area contributed by atoms with Crippen LogP contribution < -0.4 is 10.6 Å². The lowest BCUT2D eigenvalue weighted by molar-refractivity contribution is -0.133. The molecule has 0 heterocycles. The van der Waals surface area contributed by atoms with Gasteiger partial charge in [0.15, 0.2) is 12.5 Å². The molecule has 0 aliphatic rings. The van der Waals surface area contributed by atoms with Crippen LogP contribution in [0.1, 0.15) is 26.2 Å². The van der Waals surface area contributed by atoms with Crippen LogP contribution >= 0.6 is 23.5 Å². The lowest BCUT2D eigenvalue weighted by Crippen LogP contribution is -2.54. The third kappa shape index (κ3) is 10.4. The minimum Gasteiger partial charge on any atom is -0.365 e. The SMILES string of the molecule is CCCC(=O)NC(NC(=O)CCSCCSC)C(O)O. The molecule has 0 aromatic carbocycles. The van der Waals surface area contributed by atoms with Crippen LogP contribution in [0.4, 0.5) is 0 Å². The highest BCUT2D eigenvalue weighted by Gasteiger charge is 2.20. The van der Waals surface area contributed by atoms with Crippen LogP contribution in [0, 0.1) is 0 Å². The van der Waals surface area contributed by atoms with Gasteiger partial charge in [0.2, 0.25) is 11.8 Å². The number of aliphatic hydroxyl groups is 2. The zero-order chi connectivity index (χ0) is 15.4. The van der Waals surface area contributed by atoms with Crippen molar-refractivity contribution in [1.82, 2.24) is 10.6 Å². The minimum atomic E-state index is -1.82. The maximum absolute atomic E-state index is 11.6. The second-order valence-electron chi connectivity index (χ2n) is 4.13. The lowest BCUT2D eigenvalue weighted by atomic mass is 10.3. The Hall–Kier alpha value is -0.440. The van der Waals surface area contributed by atoms with Gasteiger partial charge in [-0.05, 0) is 12.7 Å². The zero-order valence-corrected chi connectivity index (χ0v) is 13.6. The van der Waals surface area contributed by atoms with Crippen LogP contribution in [0.5, 0.6) is 0 Å². The molecule has 0 saturated carbocycles. The summed E-state index contributed by atoms with van der Waals surface area (Å²) < 4.78 is 0. The molecular weight excluding hydrogens is 300 g/mol. The van der Waals surface area contributed by atoms with Gasteiger partial charge >= 0.3 is 0 Å². The number of hydrogen-bond acceptors (Lipinski definition) is 6. The highest BCUT2D eigenvalue weighted by Crippen LogP contribution is 2.05. The van der Waals surface area contributed by atoms with E-state index in [1.54, 1.807) is 23.5 Å². The van der Waals surface area contributed by atoms with E-state index in [2.05, 4.69) is 10.6 Å². The van der Waals surface area contributed by atoms with E-state index in [1.165, 1.54) is 0 Å². The number of amides is 2. The Labute approximate surface area is 128 Å². The molecule has 0 radical (unpaired) electrons. The van der Waals surface area contributed by atoms with E-state index >= 15 is 0 Å². The number of nitrogens with one attached hydrogen (secondary N) is 2. The molecule has 0 aliphatic carbocycles. The van der Waals surface area contributed by atoms with Gasteiger partial charge in [0.05, 0.1) is 0 Å². The van der Waals surface area contributed by atoms with Gasteiger partial charge in [-0.3, -0.25) is 9.59 Å². The minimum absolute atomic E-state index is 0.281. The average Bonchev–Trinajstić information content (AvgIpc) is 2.38. The summed E-state index contributed by atoms with van der Waals surface area (Å²) in [6, 6.07) is 0. The van der Waals surface area contributed by atoms with E-state index in [4.69, 9.17) is 10.2 Å². The Kier molecular flexibility index (Phi) is 12.0. The Bertz CT molecular complexity index is 291. The van der Waals surface area contributed by atoms with E-state index in [1.807, 2.05) is 13.2 Å². The summed E-state index contributed by atoms with van der Waals surface area (Å²) >= 11 is 3.42. The van der Waals surface area contributed by atoms with E-state index in [0.29, 0.717) is 12.2 Å². The third-order valence-electron chi connectivity index (χ3n) is 2.31. The van der Waals surface area contributed by atoms with Gasteiger partial charge in [0.1, 0.15) is 0 Å². The second kappa shape index (κ2) is 12.3. The van der Waals surface area contributed by atoms with E-state index in [9.17, 15) is 9.59 Å². The smallest absolute Gasteiger partial charge is 0.222 e. The Morgan fingerprint density at radius 3 is 2.15 bits per heavy atom. The van der Waals surface area contributed by atoms with Crippen LogP contribution in [-0.4, -0.2) is 58.0 Å². The number of carbonyl (C=O) groups excluding carboxylic acids is 2. The van der Waals surface area contributed by atoms with E-state index in [0.717, 1.165) is 11.5 Å². The standard InChI is InChI=1S/C12H24N2O4S2/c1-3-4-9(15)13-11(12(17)18)14-10(16)5-6-20-8-7-19-2/h11-12,17-18H,3-8H2,1-2H3,(H,13,15)(H,14,16). The fourth-order valence-corrected chi connectivity index (χ4v) is 2.98. The molecule has 2 amide bonds. The first-order chi connectivity index (χ1) is 9.51. The first kappa shape index (κ1) is 19.6. The van der Waals surface area contributed by atoms with Crippen LogP contribution in [0.3, 0.4) is 0 Å². The Morgan fingerprint density at radius 2 is 1.65 bits per heavy atom. The molecule has 0 rings (SSSR count). The summed E-state index contributed by atoms with van der Waals surface area (Å²) in [5.74, 6) is 2.06. The summed E-state index contributed by atoms with van der Waals surface area (Å²) in [5, 5.41) is 23.1. The quantitative estimate of drug-likeness (QED) is 0.319. The van der Waals surface area contributed by atoms with Gasteiger partial charge in [-0.2, -0.15) is 23.5 Å². The summed E-state index contributed by atoms with van der Waals surface area (Å²) in [5.41, 5.74) is 0. The molecule has 4 N–H and O–H groups in total. The fraction of sp³-hybridized carbons (Fsp3) is 0.833. The molecule has 0 fully saturated rings. The monoisotopic (exact) mass is 324 g/mol. The van der Waals surface area contributed by atoms with Gasteiger partial charge in [-0.1, -0.05) is 6.92 Å². The van der Waals surface area contributed by atoms with Gasteiger partial charge in [-0.15, -0.1) is 0 Å².